The number of nitrogens with zero attached hydrogens (tertiary/aromatic N) is 1. The fourth-order valence-electron chi connectivity index (χ4n) is 2.76. The first-order chi connectivity index (χ1) is 10.2. The van der Waals surface area contributed by atoms with Gasteiger partial charge in [0.15, 0.2) is 0 Å². The first kappa shape index (κ1) is 16.9. The number of likely N-dealkylation sites (N-methyl/N-ethyl adjacent to an activating group) is 1. The molecule has 1 heterocycles. The molecular weight excluding hydrogens is 304 g/mol. The smallest absolute Gasteiger partial charge is 0.123 e. The number of methoxy groups -OCH3 is 1. The summed E-state index contributed by atoms with van der Waals surface area (Å²) in [4.78, 5) is 2.45. The average Bonchev–Trinajstić information content (AvgIpc) is 2.49. The van der Waals surface area contributed by atoms with Gasteiger partial charge in [0.2, 0.25) is 0 Å². The Morgan fingerprint density at radius 1 is 1.52 bits per heavy atom. The molecule has 21 heavy (non-hydrogen) atoms. The Morgan fingerprint density at radius 2 is 2.33 bits per heavy atom. The number of ether oxygens (including phenoxy) is 1. The summed E-state index contributed by atoms with van der Waals surface area (Å²) in [5.41, 5.74) is 1.16. The van der Waals surface area contributed by atoms with E-state index in [9.17, 15) is 0 Å². The lowest BCUT2D eigenvalue weighted by molar-refractivity contribution is 0.213. The minimum atomic E-state index is 0.247. The standard InChI is InChI=1S/C16H25ClN2OS/c1-4-7-18-16(14-11-21-9-8-19(14)2)13-10-12(17)5-6-15(13)20-3/h5-6,10,14,16,18H,4,7-9,11H2,1-3H3. The second-order valence-corrected chi connectivity index (χ2v) is 7.03. The molecule has 2 rings (SSSR count). The maximum atomic E-state index is 6.23. The minimum absolute atomic E-state index is 0.247. The van der Waals surface area contributed by atoms with Crippen molar-refractivity contribution >= 4 is 23.4 Å². The van der Waals surface area contributed by atoms with E-state index in [0.717, 1.165) is 41.6 Å². The quantitative estimate of drug-likeness (QED) is 0.864. The number of benzene rings is 1. The molecule has 1 aliphatic heterocycles. The Bertz CT molecular complexity index is 458. The van der Waals surface area contributed by atoms with Crippen LogP contribution in [-0.2, 0) is 0 Å². The number of hydrogen-bond acceptors (Lipinski definition) is 4. The third-order valence-corrected chi connectivity index (χ3v) is 5.25. The molecule has 0 radical (unpaired) electrons. The zero-order valence-corrected chi connectivity index (χ0v) is 14.6. The molecule has 0 saturated carbocycles. The molecule has 1 fully saturated rings. The summed E-state index contributed by atoms with van der Waals surface area (Å²) in [7, 11) is 3.94. The molecule has 1 N–H and O–H groups in total. The minimum Gasteiger partial charge on any atom is -0.496 e. The Labute approximate surface area is 137 Å². The predicted molar refractivity (Wildman–Crippen MR) is 92.8 cm³/mol. The van der Waals surface area contributed by atoms with Crippen LogP contribution < -0.4 is 10.1 Å². The highest BCUT2D eigenvalue weighted by Gasteiger charge is 2.30. The van der Waals surface area contributed by atoms with Crippen LogP contribution in [0.5, 0.6) is 5.75 Å². The van der Waals surface area contributed by atoms with E-state index in [0.29, 0.717) is 6.04 Å². The van der Waals surface area contributed by atoms with Crippen molar-refractivity contribution in [3.05, 3.63) is 28.8 Å². The molecule has 2 unspecified atom stereocenters. The summed E-state index contributed by atoms with van der Waals surface area (Å²) in [6.45, 7) is 4.32. The molecular formula is C16H25ClN2OS. The van der Waals surface area contributed by atoms with Crippen molar-refractivity contribution in [3.63, 3.8) is 0 Å². The predicted octanol–water partition coefficient (Wildman–Crippen LogP) is 3.44. The van der Waals surface area contributed by atoms with Crippen LogP contribution in [0.15, 0.2) is 18.2 Å². The van der Waals surface area contributed by atoms with E-state index in [1.807, 2.05) is 30.0 Å². The van der Waals surface area contributed by atoms with Crippen LogP contribution in [0, 0.1) is 0 Å². The highest BCUT2D eigenvalue weighted by Crippen LogP contribution is 2.34. The van der Waals surface area contributed by atoms with Gasteiger partial charge in [0.05, 0.1) is 13.2 Å². The van der Waals surface area contributed by atoms with E-state index < -0.39 is 0 Å². The van der Waals surface area contributed by atoms with Crippen LogP contribution in [0.1, 0.15) is 24.9 Å². The zero-order chi connectivity index (χ0) is 15.2. The lowest BCUT2D eigenvalue weighted by Crippen LogP contribution is -2.48. The Kier molecular flexibility index (Phi) is 6.68. The normalized spacial score (nSPS) is 21.2. The van der Waals surface area contributed by atoms with Crippen LogP contribution in [-0.4, -0.2) is 49.7 Å². The Balaban J connectivity index is 2.32. The van der Waals surface area contributed by atoms with Gasteiger partial charge in [-0.2, -0.15) is 11.8 Å². The summed E-state index contributed by atoms with van der Waals surface area (Å²) >= 11 is 8.25. The van der Waals surface area contributed by atoms with Crippen molar-refractivity contribution in [2.75, 3.05) is 38.8 Å². The lowest BCUT2D eigenvalue weighted by Gasteiger charge is -2.39. The van der Waals surface area contributed by atoms with E-state index in [1.54, 1.807) is 7.11 Å². The summed E-state index contributed by atoms with van der Waals surface area (Å²) in [5, 5.41) is 4.46. The van der Waals surface area contributed by atoms with Crippen LogP contribution >= 0.6 is 23.4 Å². The summed E-state index contributed by atoms with van der Waals surface area (Å²) < 4.78 is 5.56. The van der Waals surface area contributed by atoms with E-state index in [4.69, 9.17) is 16.3 Å². The van der Waals surface area contributed by atoms with Gasteiger partial charge in [-0.05, 0) is 38.2 Å². The van der Waals surface area contributed by atoms with Gasteiger partial charge in [-0.25, -0.2) is 0 Å². The van der Waals surface area contributed by atoms with Gasteiger partial charge in [-0.3, -0.25) is 4.90 Å². The van der Waals surface area contributed by atoms with E-state index >= 15 is 0 Å². The number of thioether (sulfide) groups is 1. The van der Waals surface area contributed by atoms with Crippen LogP contribution in [0.25, 0.3) is 0 Å². The molecule has 5 heteroatoms. The van der Waals surface area contributed by atoms with Gasteiger partial charge in [-0.1, -0.05) is 18.5 Å². The van der Waals surface area contributed by atoms with Crippen molar-refractivity contribution in [2.45, 2.75) is 25.4 Å². The van der Waals surface area contributed by atoms with Crippen molar-refractivity contribution in [1.29, 1.82) is 0 Å². The third kappa shape index (κ3) is 4.28. The molecule has 0 aliphatic carbocycles. The van der Waals surface area contributed by atoms with Crippen LogP contribution in [0.3, 0.4) is 0 Å². The monoisotopic (exact) mass is 328 g/mol. The van der Waals surface area contributed by atoms with E-state index in [-0.39, 0.29) is 6.04 Å². The average molecular weight is 329 g/mol. The fourth-order valence-corrected chi connectivity index (χ4v) is 4.21. The summed E-state index contributed by atoms with van der Waals surface area (Å²) in [6.07, 6.45) is 1.11. The Hall–Kier alpha value is -0.420. The largest absolute Gasteiger partial charge is 0.496 e. The van der Waals surface area contributed by atoms with Gasteiger partial charge >= 0.3 is 0 Å². The highest BCUT2D eigenvalue weighted by molar-refractivity contribution is 7.99. The van der Waals surface area contributed by atoms with Gasteiger partial charge in [0, 0.05) is 34.7 Å². The molecule has 0 bridgehead atoms. The molecule has 118 valence electrons. The third-order valence-electron chi connectivity index (χ3n) is 3.97. The van der Waals surface area contributed by atoms with Gasteiger partial charge in [0.25, 0.3) is 0 Å². The second-order valence-electron chi connectivity index (χ2n) is 5.44. The molecule has 1 aliphatic rings. The fraction of sp³-hybridized carbons (Fsp3) is 0.625. The number of hydrogen-bond donors (Lipinski definition) is 1. The van der Waals surface area contributed by atoms with Gasteiger partial charge < -0.3 is 10.1 Å². The summed E-state index contributed by atoms with van der Waals surface area (Å²) in [6, 6.07) is 6.61. The number of rotatable bonds is 6. The second kappa shape index (κ2) is 8.28. The maximum absolute atomic E-state index is 6.23. The van der Waals surface area contributed by atoms with Crippen molar-refractivity contribution in [3.8, 4) is 5.75 Å². The van der Waals surface area contributed by atoms with Crippen molar-refractivity contribution < 1.29 is 4.74 Å². The van der Waals surface area contributed by atoms with Crippen LogP contribution in [0.4, 0.5) is 0 Å². The Morgan fingerprint density at radius 3 is 3.00 bits per heavy atom. The number of halogens is 1. The molecule has 0 amide bonds. The van der Waals surface area contributed by atoms with Gasteiger partial charge in [0.1, 0.15) is 5.75 Å². The molecule has 0 spiro atoms. The molecule has 1 saturated heterocycles. The molecule has 1 aromatic carbocycles. The van der Waals surface area contributed by atoms with Crippen molar-refractivity contribution in [2.24, 2.45) is 0 Å². The topological polar surface area (TPSA) is 24.5 Å². The molecule has 3 nitrogen and oxygen atoms in total. The van der Waals surface area contributed by atoms with Crippen molar-refractivity contribution in [1.82, 2.24) is 10.2 Å². The zero-order valence-electron chi connectivity index (χ0n) is 13.1. The molecule has 0 aromatic heterocycles. The number of nitrogens with one attached hydrogen (secondary N) is 1. The highest BCUT2D eigenvalue weighted by atomic mass is 35.5. The van der Waals surface area contributed by atoms with Gasteiger partial charge in [-0.15, -0.1) is 0 Å². The van der Waals surface area contributed by atoms with E-state index in [1.165, 1.54) is 5.75 Å². The SMILES string of the molecule is CCCNC(c1cc(Cl)ccc1OC)C1CSCCN1C. The molecule has 1 aromatic rings. The lowest BCUT2D eigenvalue weighted by atomic mass is 9.97. The summed E-state index contributed by atoms with van der Waals surface area (Å²) in [5.74, 6) is 3.25. The first-order valence-electron chi connectivity index (χ1n) is 7.52. The van der Waals surface area contributed by atoms with E-state index in [2.05, 4.69) is 24.2 Å². The first-order valence-corrected chi connectivity index (χ1v) is 9.05. The van der Waals surface area contributed by atoms with Crippen LogP contribution in [0.2, 0.25) is 5.02 Å². The maximum Gasteiger partial charge on any atom is 0.123 e. The molecule has 2 atom stereocenters.